The van der Waals surface area contributed by atoms with Gasteiger partial charge in [0.2, 0.25) is 0 Å². The Balaban J connectivity index is 0.00000169. The molecule has 3 N–H and O–H groups in total. The smallest absolute Gasteiger partial charge is 0.307 e. The molecule has 0 aliphatic carbocycles. The Bertz CT molecular complexity index is 319. The van der Waals surface area contributed by atoms with Crippen molar-refractivity contribution in [3.8, 4) is 0 Å². The van der Waals surface area contributed by atoms with E-state index < -0.39 is 5.97 Å². The van der Waals surface area contributed by atoms with Crippen LogP contribution in [0.2, 0.25) is 0 Å². The SMILES string of the molecule is Cc1cc(C)c(CC(=O)O)c(C)c1.O. The van der Waals surface area contributed by atoms with Crippen LogP contribution in [0.1, 0.15) is 22.3 Å². The molecule has 0 aromatic heterocycles. The van der Waals surface area contributed by atoms with E-state index in [1.54, 1.807) is 0 Å². The molecule has 0 fully saturated rings. The molecule has 3 nitrogen and oxygen atoms in total. The van der Waals surface area contributed by atoms with Gasteiger partial charge in [-0.25, -0.2) is 0 Å². The first-order valence-corrected chi connectivity index (χ1v) is 4.29. The van der Waals surface area contributed by atoms with Gasteiger partial charge in [-0.2, -0.15) is 0 Å². The molecule has 1 aromatic carbocycles. The second-order valence-electron chi connectivity index (χ2n) is 3.45. The molecule has 78 valence electrons. The lowest BCUT2D eigenvalue weighted by atomic mass is 9.97. The minimum atomic E-state index is -0.768. The Morgan fingerprint density at radius 2 is 1.64 bits per heavy atom. The highest BCUT2D eigenvalue weighted by Crippen LogP contribution is 2.16. The summed E-state index contributed by atoms with van der Waals surface area (Å²) >= 11 is 0. The Labute approximate surface area is 83.7 Å². The quantitative estimate of drug-likeness (QED) is 0.777. The van der Waals surface area contributed by atoms with Crippen LogP contribution in [0, 0.1) is 20.8 Å². The van der Waals surface area contributed by atoms with Gasteiger partial charge in [0, 0.05) is 0 Å². The summed E-state index contributed by atoms with van der Waals surface area (Å²) in [6.07, 6.45) is 0.123. The number of rotatable bonds is 2. The average Bonchev–Trinajstić information content (AvgIpc) is 1.96. The molecule has 0 heterocycles. The minimum Gasteiger partial charge on any atom is -0.481 e. The summed E-state index contributed by atoms with van der Waals surface area (Å²) in [6, 6.07) is 4.04. The van der Waals surface area contributed by atoms with Crippen molar-refractivity contribution < 1.29 is 15.4 Å². The summed E-state index contributed by atoms with van der Waals surface area (Å²) in [6.45, 7) is 5.93. The van der Waals surface area contributed by atoms with Crippen molar-refractivity contribution >= 4 is 5.97 Å². The highest BCUT2D eigenvalue weighted by molar-refractivity contribution is 5.71. The molecule has 1 aromatic rings. The largest absolute Gasteiger partial charge is 0.481 e. The van der Waals surface area contributed by atoms with E-state index in [2.05, 4.69) is 0 Å². The molecule has 0 atom stereocenters. The zero-order valence-electron chi connectivity index (χ0n) is 8.72. The van der Waals surface area contributed by atoms with Crippen LogP contribution < -0.4 is 0 Å². The van der Waals surface area contributed by atoms with Gasteiger partial charge in [-0.15, -0.1) is 0 Å². The van der Waals surface area contributed by atoms with Crippen molar-refractivity contribution in [2.24, 2.45) is 0 Å². The Kier molecular flexibility index (Phi) is 4.31. The second kappa shape index (κ2) is 4.77. The molecule has 0 amide bonds. The van der Waals surface area contributed by atoms with E-state index in [0.29, 0.717) is 0 Å². The molecule has 14 heavy (non-hydrogen) atoms. The Morgan fingerprint density at radius 3 is 2.00 bits per heavy atom. The number of hydrogen-bond donors (Lipinski definition) is 1. The van der Waals surface area contributed by atoms with E-state index in [-0.39, 0.29) is 11.9 Å². The molecular formula is C11H16O3. The second-order valence-corrected chi connectivity index (χ2v) is 3.45. The lowest BCUT2D eigenvalue weighted by Gasteiger charge is -2.08. The molecule has 0 spiro atoms. The number of benzene rings is 1. The number of hydrogen-bond acceptors (Lipinski definition) is 1. The fraction of sp³-hybridized carbons (Fsp3) is 0.364. The lowest BCUT2D eigenvalue weighted by molar-refractivity contribution is -0.136. The first kappa shape index (κ1) is 12.7. The van der Waals surface area contributed by atoms with Crippen LogP contribution in [0.15, 0.2) is 12.1 Å². The average molecular weight is 196 g/mol. The zero-order valence-corrected chi connectivity index (χ0v) is 8.72. The van der Waals surface area contributed by atoms with Gasteiger partial charge in [0.1, 0.15) is 0 Å². The molecule has 0 aliphatic heterocycles. The van der Waals surface area contributed by atoms with Gasteiger partial charge < -0.3 is 10.6 Å². The Morgan fingerprint density at radius 1 is 1.21 bits per heavy atom. The van der Waals surface area contributed by atoms with Gasteiger partial charge >= 0.3 is 5.97 Å². The van der Waals surface area contributed by atoms with Crippen LogP contribution in [0.5, 0.6) is 0 Å². The summed E-state index contributed by atoms with van der Waals surface area (Å²) in [5, 5.41) is 8.69. The van der Waals surface area contributed by atoms with Gasteiger partial charge in [0.15, 0.2) is 0 Å². The number of aryl methyl sites for hydroxylation is 3. The summed E-state index contributed by atoms with van der Waals surface area (Å²) < 4.78 is 0. The third-order valence-electron chi connectivity index (χ3n) is 2.17. The molecule has 0 unspecified atom stereocenters. The van der Waals surface area contributed by atoms with Crippen LogP contribution in [0.25, 0.3) is 0 Å². The molecule has 0 saturated carbocycles. The predicted octanol–water partition coefficient (Wildman–Crippen LogP) is 1.41. The van der Waals surface area contributed by atoms with Crippen LogP contribution >= 0.6 is 0 Å². The number of carboxylic acid groups (broad SMARTS) is 1. The van der Waals surface area contributed by atoms with Crippen molar-refractivity contribution in [2.45, 2.75) is 27.2 Å². The third kappa shape index (κ3) is 2.85. The molecule has 0 aliphatic rings. The zero-order chi connectivity index (χ0) is 10.0. The molecule has 3 heteroatoms. The summed E-state index contributed by atoms with van der Waals surface area (Å²) in [7, 11) is 0. The van der Waals surface area contributed by atoms with E-state index in [9.17, 15) is 4.79 Å². The standard InChI is InChI=1S/C11H14O2.H2O/c1-7-4-8(2)10(6-11(12)13)9(3)5-7;/h4-5H,6H2,1-3H3,(H,12,13);1H2. The van der Waals surface area contributed by atoms with E-state index >= 15 is 0 Å². The normalized spacial score (nSPS) is 9.36. The highest BCUT2D eigenvalue weighted by Gasteiger charge is 2.07. The lowest BCUT2D eigenvalue weighted by Crippen LogP contribution is -2.04. The van der Waals surface area contributed by atoms with E-state index in [0.717, 1.165) is 16.7 Å². The van der Waals surface area contributed by atoms with Gasteiger partial charge in [0.05, 0.1) is 6.42 Å². The summed E-state index contributed by atoms with van der Waals surface area (Å²) in [5.74, 6) is -0.768. The number of carboxylic acids is 1. The van der Waals surface area contributed by atoms with Crippen LogP contribution in [-0.2, 0) is 11.2 Å². The van der Waals surface area contributed by atoms with Gasteiger partial charge in [-0.1, -0.05) is 17.7 Å². The van der Waals surface area contributed by atoms with Crippen LogP contribution in [0.3, 0.4) is 0 Å². The molecule has 1 rings (SSSR count). The fourth-order valence-corrected chi connectivity index (χ4v) is 1.64. The van der Waals surface area contributed by atoms with Gasteiger partial charge in [-0.3, -0.25) is 4.79 Å². The first-order chi connectivity index (χ1) is 6.00. The number of aliphatic carboxylic acids is 1. The van der Waals surface area contributed by atoms with E-state index in [4.69, 9.17) is 5.11 Å². The van der Waals surface area contributed by atoms with Crippen molar-refractivity contribution in [2.75, 3.05) is 0 Å². The monoisotopic (exact) mass is 196 g/mol. The third-order valence-corrected chi connectivity index (χ3v) is 2.17. The number of carbonyl (C=O) groups is 1. The van der Waals surface area contributed by atoms with Gasteiger partial charge in [-0.05, 0) is 37.5 Å². The molecule has 0 radical (unpaired) electrons. The molecule has 0 bridgehead atoms. The van der Waals surface area contributed by atoms with E-state index in [1.807, 2.05) is 32.9 Å². The Hall–Kier alpha value is -1.35. The summed E-state index contributed by atoms with van der Waals surface area (Å²) in [4.78, 5) is 10.6. The molecular weight excluding hydrogens is 180 g/mol. The van der Waals surface area contributed by atoms with Crippen molar-refractivity contribution in [3.63, 3.8) is 0 Å². The topological polar surface area (TPSA) is 68.8 Å². The fourth-order valence-electron chi connectivity index (χ4n) is 1.64. The highest BCUT2D eigenvalue weighted by atomic mass is 16.4. The van der Waals surface area contributed by atoms with Crippen molar-refractivity contribution in [1.29, 1.82) is 0 Å². The maximum Gasteiger partial charge on any atom is 0.307 e. The first-order valence-electron chi connectivity index (χ1n) is 4.29. The van der Waals surface area contributed by atoms with Crippen molar-refractivity contribution in [1.82, 2.24) is 0 Å². The summed E-state index contributed by atoms with van der Waals surface area (Å²) in [5.41, 5.74) is 4.27. The maximum atomic E-state index is 10.6. The molecule has 0 saturated heterocycles. The maximum absolute atomic E-state index is 10.6. The van der Waals surface area contributed by atoms with Crippen molar-refractivity contribution in [3.05, 3.63) is 34.4 Å². The minimum absolute atomic E-state index is 0. The van der Waals surface area contributed by atoms with Crippen LogP contribution in [0.4, 0.5) is 0 Å². The van der Waals surface area contributed by atoms with E-state index in [1.165, 1.54) is 5.56 Å². The van der Waals surface area contributed by atoms with Crippen LogP contribution in [-0.4, -0.2) is 16.6 Å². The van der Waals surface area contributed by atoms with Gasteiger partial charge in [0.25, 0.3) is 0 Å². The predicted molar refractivity (Wildman–Crippen MR) is 55.6 cm³/mol.